The van der Waals surface area contributed by atoms with E-state index in [1.807, 2.05) is 18.2 Å². The van der Waals surface area contributed by atoms with Crippen molar-refractivity contribution in [1.29, 1.82) is 0 Å². The first-order valence-corrected chi connectivity index (χ1v) is 9.07. The molecule has 9 heteroatoms. The molecule has 0 unspecified atom stereocenters. The number of imidazole rings is 2. The lowest BCUT2D eigenvalue weighted by atomic mass is 10.3. The van der Waals surface area contributed by atoms with Gasteiger partial charge in [-0.2, -0.15) is 4.98 Å². The van der Waals surface area contributed by atoms with Crippen LogP contribution >= 0.6 is 0 Å². The standard InChI is InChI=1S/C18H25N5O4/c1-6-7-9-21-11(2)12(3)23-14-15(19-17(21)23)20(4)18(26)22(16(14)25)10-8-13(24)27-5/h6-10H2,1-5H3. The maximum absolute atomic E-state index is 13.1. The summed E-state index contributed by atoms with van der Waals surface area (Å²) in [4.78, 5) is 41.8. The minimum Gasteiger partial charge on any atom is -0.469 e. The van der Waals surface area contributed by atoms with E-state index in [0.29, 0.717) is 16.9 Å². The lowest BCUT2D eigenvalue weighted by Gasteiger charge is -2.08. The topological polar surface area (TPSA) is 92.5 Å². The lowest BCUT2D eigenvalue weighted by molar-refractivity contribution is -0.140. The van der Waals surface area contributed by atoms with Crippen LogP contribution in [0.4, 0.5) is 0 Å². The number of carbonyl (C=O) groups is 1. The van der Waals surface area contributed by atoms with Gasteiger partial charge in [-0.1, -0.05) is 13.3 Å². The van der Waals surface area contributed by atoms with E-state index in [2.05, 4.69) is 21.2 Å². The number of nitrogens with zero attached hydrogens (tertiary/aromatic N) is 5. The zero-order valence-electron chi connectivity index (χ0n) is 16.4. The zero-order valence-corrected chi connectivity index (χ0v) is 16.4. The Morgan fingerprint density at radius 3 is 2.44 bits per heavy atom. The Kier molecular flexibility index (Phi) is 4.95. The van der Waals surface area contributed by atoms with Crippen LogP contribution in [-0.4, -0.2) is 36.2 Å². The highest BCUT2D eigenvalue weighted by Crippen LogP contribution is 2.21. The smallest absolute Gasteiger partial charge is 0.332 e. The second-order valence-corrected chi connectivity index (χ2v) is 6.72. The van der Waals surface area contributed by atoms with Gasteiger partial charge in [-0.3, -0.25) is 23.1 Å². The van der Waals surface area contributed by atoms with Crippen molar-refractivity contribution in [2.24, 2.45) is 7.05 Å². The van der Waals surface area contributed by atoms with Crippen LogP contribution in [-0.2, 0) is 29.7 Å². The summed E-state index contributed by atoms with van der Waals surface area (Å²) in [5.41, 5.74) is 1.73. The Morgan fingerprint density at radius 1 is 1.11 bits per heavy atom. The van der Waals surface area contributed by atoms with Crippen molar-refractivity contribution in [3.63, 3.8) is 0 Å². The third-order valence-electron chi connectivity index (χ3n) is 5.13. The minimum atomic E-state index is -0.494. The van der Waals surface area contributed by atoms with Gasteiger partial charge in [-0.25, -0.2) is 4.79 Å². The predicted octanol–water partition coefficient (Wildman–Crippen LogP) is 1.13. The maximum Gasteiger partial charge on any atom is 0.332 e. The number of rotatable bonds is 6. The summed E-state index contributed by atoms with van der Waals surface area (Å²) in [5, 5.41) is 0. The molecule has 0 N–H and O–H groups in total. The highest BCUT2D eigenvalue weighted by Gasteiger charge is 2.22. The first-order chi connectivity index (χ1) is 12.8. The van der Waals surface area contributed by atoms with E-state index in [-0.39, 0.29) is 13.0 Å². The predicted molar refractivity (Wildman–Crippen MR) is 101 cm³/mol. The number of carbonyl (C=O) groups excluding carboxylic acids is 1. The van der Waals surface area contributed by atoms with Gasteiger partial charge in [-0.05, 0) is 20.3 Å². The van der Waals surface area contributed by atoms with Crippen molar-refractivity contribution in [1.82, 2.24) is 23.1 Å². The average Bonchev–Trinajstić information content (AvgIpc) is 3.15. The molecule has 0 saturated heterocycles. The second-order valence-electron chi connectivity index (χ2n) is 6.72. The fourth-order valence-electron chi connectivity index (χ4n) is 3.40. The summed E-state index contributed by atoms with van der Waals surface area (Å²) in [6.45, 7) is 6.83. The Bertz CT molecular complexity index is 1150. The fraction of sp³-hybridized carbons (Fsp3) is 0.556. The molecule has 3 heterocycles. The molecule has 0 fully saturated rings. The van der Waals surface area contributed by atoms with E-state index in [9.17, 15) is 14.4 Å². The van der Waals surface area contributed by atoms with Crippen molar-refractivity contribution in [2.45, 2.75) is 53.1 Å². The summed E-state index contributed by atoms with van der Waals surface area (Å²) in [6, 6.07) is 0. The lowest BCUT2D eigenvalue weighted by Crippen LogP contribution is -2.40. The van der Waals surface area contributed by atoms with Crippen molar-refractivity contribution < 1.29 is 9.53 Å². The number of methoxy groups -OCH3 is 1. The van der Waals surface area contributed by atoms with E-state index in [0.717, 1.165) is 35.3 Å². The number of hydrogen-bond acceptors (Lipinski definition) is 5. The molecule has 27 heavy (non-hydrogen) atoms. The second kappa shape index (κ2) is 7.05. The Hall–Kier alpha value is -2.84. The van der Waals surface area contributed by atoms with Gasteiger partial charge in [0, 0.05) is 31.5 Å². The molecule has 0 bridgehead atoms. The number of ether oxygens (including phenoxy) is 1. The summed E-state index contributed by atoms with van der Waals surface area (Å²) < 4.78 is 11.0. The minimum absolute atomic E-state index is 0.0318. The van der Waals surface area contributed by atoms with Gasteiger partial charge in [0.1, 0.15) is 0 Å². The van der Waals surface area contributed by atoms with Gasteiger partial charge in [0.25, 0.3) is 5.56 Å². The molecule has 0 aliphatic rings. The van der Waals surface area contributed by atoms with Gasteiger partial charge in [0.15, 0.2) is 11.2 Å². The first-order valence-electron chi connectivity index (χ1n) is 9.07. The summed E-state index contributed by atoms with van der Waals surface area (Å²) in [5.74, 6) is 0.187. The molecular weight excluding hydrogens is 350 g/mol. The summed E-state index contributed by atoms with van der Waals surface area (Å²) >= 11 is 0. The number of esters is 1. The van der Waals surface area contributed by atoms with Gasteiger partial charge in [-0.15, -0.1) is 0 Å². The molecular formula is C18H25N5O4. The van der Waals surface area contributed by atoms with Gasteiger partial charge >= 0.3 is 11.7 Å². The number of aryl methyl sites for hydroxylation is 3. The molecule has 0 aliphatic heterocycles. The van der Waals surface area contributed by atoms with E-state index < -0.39 is 17.2 Å². The molecule has 3 rings (SSSR count). The number of fused-ring (bicyclic) bond motifs is 3. The largest absolute Gasteiger partial charge is 0.469 e. The molecule has 9 nitrogen and oxygen atoms in total. The summed E-state index contributed by atoms with van der Waals surface area (Å²) in [7, 11) is 2.86. The third kappa shape index (κ3) is 2.87. The Labute approximate surface area is 155 Å². The maximum atomic E-state index is 13.1. The summed E-state index contributed by atoms with van der Waals surface area (Å²) in [6.07, 6.45) is 1.99. The number of hydrogen-bond donors (Lipinski definition) is 0. The zero-order chi connectivity index (χ0) is 19.9. The normalized spacial score (nSPS) is 11.6. The average molecular weight is 375 g/mol. The highest BCUT2D eigenvalue weighted by atomic mass is 16.5. The van der Waals surface area contributed by atoms with Crippen LogP contribution in [0.1, 0.15) is 37.6 Å². The molecule has 0 spiro atoms. The molecule has 0 aromatic carbocycles. The SMILES string of the molecule is CCCCn1c(C)c(C)n2c3c(=O)n(CCC(=O)OC)c(=O)n(C)c3nc12. The molecule has 146 valence electrons. The van der Waals surface area contributed by atoms with Crippen molar-refractivity contribution >= 4 is 22.9 Å². The highest BCUT2D eigenvalue weighted by molar-refractivity contribution is 5.76. The molecule has 0 radical (unpaired) electrons. The fourth-order valence-corrected chi connectivity index (χ4v) is 3.40. The van der Waals surface area contributed by atoms with Crippen molar-refractivity contribution in [3.8, 4) is 0 Å². The number of aromatic nitrogens is 5. The van der Waals surface area contributed by atoms with Gasteiger partial charge in [0.05, 0.1) is 13.5 Å². The van der Waals surface area contributed by atoms with E-state index >= 15 is 0 Å². The van der Waals surface area contributed by atoms with Crippen LogP contribution in [0.25, 0.3) is 16.9 Å². The van der Waals surface area contributed by atoms with Crippen LogP contribution < -0.4 is 11.2 Å². The molecule has 0 aliphatic carbocycles. The van der Waals surface area contributed by atoms with E-state index in [1.165, 1.54) is 11.7 Å². The van der Waals surface area contributed by atoms with Crippen molar-refractivity contribution in [3.05, 3.63) is 32.2 Å². The quantitative estimate of drug-likeness (QED) is 0.602. The van der Waals surface area contributed by atoms with Crippen LogP contribution in [0.5, 0.6) is 0 Å². The molecule has 0 saturated carbocycles. The van der Waals surface area contributed by atoms with Crippen LogP contribution in [0, 0.1) is 13.8 Å². The first kappa shape index (κ1) is 18.9. The molecule has 3 aromatic heterocycles. The Balaban J connectivity index is 2.31. The molecule has 0 atom stereocenters. The van der Waals surface area contributed by atoms with E-state index in [1.54, 1.807) is 7.05 Å². The van der Waals surface area contributed by atoms with Crippen LogP contribution in [0.15, 0.2) is 9.59 Å². The van der Waals surface area contributed by atoms with Crippen LogP contribution in [0.2, 0.25) is 0 Å². The molecule has 0 amide bonds. The molecule has 3 aromatic rings. The van der Waals surface area contributed by atoms with Crippen molar-refractivity contribution in [2.75, 3.05) is 7.11 Å². The van der Waals surface area contributed by atoms with Gasteiger partial charge in [0.2, 0.25) is 5.78 Å². The van der Waals surface area contributed by atoms with Gasteiger partial charge < -0.3 is 9.30 Å². The monoisotopic (exact) mass is 375 g/mol. The third-order valence-corrected chi connectivity index (χ3v) is 5.13. The number of unbranched alkanes of at least 4 members (excludes halogenated alkanes) is 1. The Morgan fingerprint density at radius 2 is 1.81 bits per heavy atom. The van der Waals surface area contributed by atoms with E-state index in [4.69, 9.17) is 0 Å². The van der Waals surface area contributed by atoms with Crippen LogP contribution in [0.3, 0.4) is 0 Å².